The van der Waals surface area contributed by atoms with E-state index in [9.17, 15) is 9.50 Å². The summed E-state index contributed by atoms with van der Waals surface area (Å²) in [6.45, 7) is 2.05. The molecule has 0 spiro atoms. The first kappa shape index (κ1) is 12.6. The van der Waals surface area contributed by atoms with Crippen molar-refractivity contribution in [2.45, 2.75) is 25.9 Å². The summed E-state index contributed by atoms with van der Waals surface area (Å²) in [5.74, 6) is -0.491. The molecule has 1 N–H and O–H groups in total. The lowest BCUT2D eigenvalue weighted by Crippen LogP contribution is -2.07. The number of aliphatic hydroxyl groups excluding tert-OH is 1. The molecule has 2 heterocycles. The second-order valence-electron chi connectivity index (χ2n) is 4.10. The van der Waals surface area contributed by atoms with Crippen LogP contribution >= 0.6 is 0 Å². The van der Waals surface area contributed by atoms with Gasteiger partial charge in [-0.1, -0.05) is 13.0 Å². The molecule has 0 aliphatic carbocycles. The minimum atomic E-state index is -0.967. The second-order valence-corrected chi connectivity index (χ2v) is 4.10. The van der Waals surface area contributed by atoms with E-state index in [2.05, 4.69) is 16.9 Å². The fourth-order valence-corrected chi connectivity index (χ4v) is 1.72. The van der Waals surface area contributed by atoms with Crippen molar-refractivity contribution in [1.82, 2.24) is 9.97 Å². The third-order valence-electron chi connectivity index (χ3n) is 2.80. The van der Waals surface area contributed by atoms with Crippen LogP contribution in [0.4, 0.5) is 4.39 Å². The summed E-state index contributed by atoms with van der Waals surface area (Å²) in [5, 5.41) is 9.94. The van der Waals surface area contributed by atoms with Gasteiger partial charge in [0, 0.05) is 24.5 Å². The quantitative estimate of drug-likeness (QED) is 0.901. The number of aromatic nitrogens is 2. The van der Waals surface area contributed by atoms with Crippen LogP contribution in [0.3, 0.4) is 0 Å². The Labute approximate surface area is 105 Å². The van der Waals surface area contributed by atoms with Crippen LogP contribution in [0.15, 0.2) is 36.7 Å². The highest BCUT2D eigenvalue weighted by Crippen LogP contribution is 2.18. The lowest BCUT2D eigenvalue weighted by atomic mass is 10.1. The van der Waals surface area contributed by atoms with Crippen molar-refractivity contribution in [3.8, 4) is 0 Å². The summed E-state index contributed by atoms with van der Waals surface area (Å²) in [6, 6.07) is 6.60. The fourth-order valence-electron chi connectivity index (χ4n) is 1.72. The van der Waals surface area contributed by atoms with E-state index < -0.39 is 11.9 Å². The molecule has 0 saturated carbocycles. The van der Waals surface area contributed by atoms with Crippen molar-refractivity contribution in [3.05, 3.63) is 59.4 Å². The van der Waals surface area contributed by atoms with Gasteiger partial charge in [-0.15, -0.1) is 0 Å². The molecular formula is C14H15FN2O. The zero-order valence-corrected chi connectivity index (χ0v) is 10.2. The number of nitrogens with zero attached hydrogens (tertiary/aromatic N) is 2. The van der Waals surface area contributed by atoms with Crippen LogP contribution in [0.5, 0.6) is 0 Å². The lowest BCUT2D eigenvalue weighted by molar-refractivity contribution is 0.167. The minimum Gasteiger partial charge on any atom is -0.386 e. The molecule has 2 aromatic rings. The molecular weight excluding hydrogens is 231 g/mol. The Bertz CT molecular complexity index is 513. The van der Waals surface area contributed by atoms with E-state index >= 15 is 0 Å². The number of hydrogen-bond acceptors (Lipinski definition) is 3. The van der Waals surface area contributed by atoms with E-state index in [1.54, 1.807) is 6.20 Å². The molecule has 0 saturated heterocycles. The smallest absolute Gasteiger partial charge is 0.147 e. The maximum atomic E-state index is 13.4. The Balaban J connectivity index is 2.11. The number of aliphatic hydroxyl groups is 1. The van der Waals surface area contributed by atoms with Crippen molar-refractivity contribution in [1.29, 1.82) is 0 Å². The van der Waals surface area contributed by atoms with E-state index in [-0.39, 0.29) is 12.1 Å². The Morgan fingerprint density at radius 1 is 1.28 bits per heavy atom. The van der Waals surface area contributed by atoms with Gasteiger partial charge in [-0.3, -0.25) is 9.97 Å². The zero-order chi connectivity index (χ0) is 13.0. The Kier molecular flexibility index (Phi) is 3.99. The van der Waals surface area contributed by atoms with E-state index in [1.807, 2.05) is 12.1 Å². The minimum absolute atomic E-state index is 0.0684. The monoisotopic (exact) mass is 246 g/mol. The van der Waals surface area contributed by atoms with Gasteiger partial charge >= 0.3 is 0 Å². The standard InChI is InChI=1S/C14H15FN2O/c1-2-10-5-6-11(17-9-10)8-13(18)14-12(15)4-3-7-16-14/h3-7,9,13,18H,2,8H2,1H3. The average molecular weight is 246 g/mol. The molecule has 0 fully saturated rings. The van der Waals surface area contributed by atoms with Gasteiger partial charge in [0.25, 0.3) is 0 Å². The van der Waals surface area contributed by atoms with Crippen molar-refractivity contribution in [2.75, 3.05) is 0 Å². The molecule has 3 nitrogen and oxygen atoms in total. The molecule has 0 aromatic carbocycles. The third-order valence-corrected chi connectivity index (χ3v) is 2.80. The van der Waals surface area contributed by atoms with Gasteiger partial charge in [0.2, 0.25) is 0 Å². The number of aryl methyl sites for hydroxylation is 1. The lowest BCUT2D eigenvalue weighted by Gasteiger charge is -2.10. The molecule has 1 unspecified atom stereocenters. The average Bonchev–Trinajstić information content (AvgIpc) is 2.40. The molecule has 2 aromatic heterocycles. The maximum absolute atomic E-state index is 13.4. The van der Waals surface area contributed by atoms with E-state index in [1.165, 1.54) is 18.3 Å². The molecule has 4 heteroatoms. The molecule has 0 aliphatic rings. The Morgan fingerprint density at radius 3 is 2.72 bits per heavy atom. The first-order chi connectivity index (χ1) is 8.70. The Hall–Kier alpha value is -1.81. The summed E-state index contributed by atoms with van der Waals surface area (Å²) in [4.78, 5) is 8.09. The van der Waals surface area contributed by atoms with Crippen LogP contribution in [0.1, 0.15) is 30.0 Å². The van der Waals surface area contributed by atoms with E-state index in [0.29, 0.717) is 0 Å². The van der Waals surface area contributed by atoms with Crippen LogP contribution in [0, 0.1) is 5.82 Å². The zero-order valence-electron chi connectivity index (χ0n) is 10.2. The highest BCUT2D eigenvalue weighted by molar-refractivity contribution is 5.17. The van der Waals surface area contributed by atoms with Gasteiger partial charge in [0.15, 0.2) is 0 Å². The highest BCUT2D eigenvalue weighted by atomic mass is 19.1. The Morgan fingerprint density at radius 2 is 2.11 bits per heavy atom. The summed E-state index contributed by atoms with van der Waals surface area (Å²) in [6.07, 6.45) is 3.46. The van der Waals surface area contributed by atoms with Crippen molar-refractivity contribution in [2.24, 2.45) is 0 Å². The summed E-state index contributed by atoms with van der Waals surface area (Å²) < 4.78 is 13.4. The van der Waals surface area contributed by atoms with Crippen molar-refractivity contribution < 1.29 is 9.50 Å². The summed E-state index contributed by atoms with van der Waals surface area (Å²) >= 11 is 0. The normalized spacial score (nSPS) is 12.4. The van der Waals surface area contributed by atoms with Crippen molar-refractivity contribution >= 4 is 0 Å². The molecule has 1 atom stereocenters. The first-order valence-electron chi connectivity index (χ1n) is 5.93. The molecule has 94 valence electrons. The fraction of sp³-hybridized carbons (Fsp3) is 0.286. The maximum Gasteiger partial charge on any atom is 0.147 e. The summed E-state index contributed by atoms with van der Waals surface area (Å²) in [7, 11) is 0. The second kappa shape index (κ2) is 5.69. The number of hydrogen-bond donors (Lipinski definition) is 1. The van der Waals surface area contributed by atoms with Gasteiger partial charge in [-0.2, -0.15) is 0 Å². The predicted octanol–water partition coefficient (Wildman–Crippen LogP) is 2.45. The van der Waals surface area contributed by atoms with Gasteiger partial charge in [-0.25, -0.2) is 4.39 Å². The predicted molar refractivity (Wildman–Crippen MR) is 66.5 cm³/mol. The highest BCUT2D eigenvalue weighted by Gasteiger charge is 2.15. The molecule has 0 radical (unpaired) electrons. The van der Waals surface area contributed by atoms with Crippen molar-refractivity contribution in [3.63, 3.8) is 0 Å². The molecule has 0 aliphatic heterocycles. The third kappa shape index (κ3) is 2.90. The SMILES string of the molecule is CCc1ccc(CC(O)c2ncccc2F)nc1. The van der Waals surface area contributed by atoms with Crippen LogP contribution in [0.25, 0.3) is 0 Å². The topological polar surface area (TPSA) is 46.0 Å². The summed E-state index contributed by atoms with van der Waals surface area (Å²) in [5.41, 5.74) is 1.93. The number of pyridine rings is 2. The molecule has 0 bridgehead atoms. The van der Waals surface area contributed by atoms with E-state index in [0.717, 1.165) is 17.7 Å². The largest absolute Gasteiger partial charge is 0.386 e. The van der Waals surface area contributed by atoms with Crippen LogP contribution in [-0.2, 0) is 12.8 Å². The first-order valence-corrected chi connectivity index (χ1v) is 5.93. The van der Waals surface area contributed by atoms with Crippen LogP contribution in [-0.4, -0.2) is 15.1 Å². The van der Waals surface area contributed by atoms with Gasteiger partial charge < -0.3 is 5.11 Å². The van der Waals surface area contributed by atoms with Gasteiger partial charge in [0.1, 0.15) is 17.6 Å². The molecule has 2 rings (SSSR count). The molecule has 18 heavy (non-hydrogen) atoms. The van der Waals surface area contributed by atoms with Gasteiger partial charge in [0.05, 0.1) is 0 Å². The van der Waals surface area contributed by atoms with E-state index in [4.69, 9.17) is 0 Å². The molecule has 0 amide bonds. The number of rotatable bonds is 4. The van der Waals surface area contributed by atoms with Gasteiger partial charge in [-0.05, 0) is 30.2 Å². The number of halogens is 1. The van der Waals surface area contributed by atoms with Crippen LogP contribution in [0.2, 0.25) is 0 Å². The van der Waals surface area contributed by atoms with Crippen LogP contribution < -0.4 is 0 Å².